The molecule has 1 rings (SSSR count). The van der Waals surface area contributed by atoms with Gasteiger partial charge >= 0.3 is 0 Å². The molecule has 2 atom stereocenters. The molecule has 120 valence electrons. The molecular formula is C17H37N3. The Morgan fingerprint density at radius 2 is 2.05 bits per heavy atom. The number of hydrogen-bond donors (Lipinski definition) is 1. The summed E-state index contributed by atoms with van der Waals surface area (Å²) in [6.45, 7) is 15.4. The van der Waals surface area contributed by atoms with E-state index in [1.165, 1.54) is 38.9 Å². The molecule has 1 aliphatic heterocycles. The Bertz CT molecular complexity index is 265. The first-order valence-electron chi connectivity index (χ1n) is 8.46. The lowest BCUT2D eigenvalue weighted by molar-refractivity contribution is 0.162. The molecule has 0 saturated carbocycles. The summed E-state index contributed by atoms with van der Waals surface area (Å²) in [4.78, 5) is 5.06. The van der Waals surface area contributed by atoms with Crippen LogP contribution in [0, 0.1) is 11.3 Å². The van der Waals surface area contributed by atoms with Crippen LogP contribution in [-0.4, -0.2) is 62.7 Å². The topological polar surface area (TPSA) is 18.5 Å². The molecule has 1 heterocycles. The SMILES string of the molecule is CCCC(C)(CNCC(C)C)CN1CCC(N(C)C)C1. The van der Waals surface area contributed by atoms with Gasteiger partial charge in [0.05, 0.1) is 0 Å². The zero-order chi connectivity index (χ0) is 15.2. The molecule has 0 aromatic carbocycles. The molecular weight excluding hydrogens is 246 g/mol. The van der Waals surface area contributed by atoms with Gasteiger partial charge in [0.1, 0.15) is 0 Å². The lowest BCUT2D eigenvalue weighted by Gasteiger charge is -2.34. The van der Waals surface area contributed by atoms with Gasteiger partial charge in [-0.2, -0.15) is 0 Å². The first-order chi connectivity index (χ1) is 9.36. The summed E-state index contributed by atoms with van der Waals surface area (Å²) in [6.07, 6.45) is 3.93. The van der Waals surface area contributed by atoms with Crippen molar-refractivity contribution in [1.82, 2.24) is 15.1 Å². The highest BCUT2D eigenvalue weighted by atomic mass is 15.2. The Morgan fingerprint density at radius 1 is 1.35 bits per heavy atom. The fourth-order valence-electron chi connectivity index (χ4n) is 3.41. The third-order valence-corrected chi connectivity index (χ3v) is 4.54. The van der Waals surface area contributed by atoms with E-state index in [9.17, 15) is 0 Å². The molecule has 3 heteroatoms. The first-order valence-corrected chi connectivity index (χ1v) is 8.46. The van der Waals surface area contributed by atoms with Crippen LogP contribution in [0.1, 0.15) is 47.0 Å². The summed E-state index contributed by atoms with van der Waals surface area (Å²) in [5, 5.41) is 3.68. The van der Waals surface area contributed by atoms with Crippen molar-refractivity contribution in [3.05, 3.63) is 0 Å². The summed E-state index contributed by atoms with van der Waals surface area (Å²) in [5.41, 5.74) is 0.421. The normalized spacial score (nSPS) is 23.7. The minimum absolute atomic E-state index is 0.421. The third-order valence-electron chi connectivity index (χ3n) is 4.54. The zero-order valence-corrected chi connectivity index (χ0v) is 14.7. The molecule has 1 fully saturated rings. The second-order valence-corrected chi connectivity index (χ2v) is 7.73. The van der Waals surface area contributed by atoms with Gasteiger partial charge < -0.3 is 15.1 Å². The lowest BCUT2D eigenvalue weighted by Crippen LogP contribution is -2.43. The fraction of sp³-hybridized carbons (Fsp3) is 1.00. The number of rotatable bonds is 9. The maximum Gasteiger partial charge on any atom is 0.0229 e. The number of nitrogens with zero attached hydrogens (tertiary/aromatic N) is 2. The maximum absolute atomic E-state index is 3.68. The maximum atomic E-state index is 3.68. The molecule has 0 bridgehead atoms. The van der Waals surface area contributed by atoms with Crippen molar-refractivity contribution in [2.45, 2.75) is 53.0 Å². The molecule has 0 aromatic rings. The van der Waals surface area contributed by atoms with E-state index in [1.807, 2.05) is 0 Å². The minimum atomic E-state index is 0.421. The second-order valence-electron chi connectivity index (χ2n) is 7.73. The number of likely N-dealkylation sites (tertiary alicyclic amines) is 1. The molecule has 0 aliphatic carbocycles. The van der Waals surface area contributed by atoms with Gasteiger partial charge in [-0.05, 0) is 51.4 Å². The van der Waals surface area contributed by atoms with E-state index < -0.39 is 0 Å². The molecule has 20 heavy (non-hydrogen) atoms. The monoisotopic (exact) mass is 283 g/mol. The summed E-state index contributed by atoms with van der Waals surface area (Å²) in [5.74, 6) is 0.741. The molecule has 0 amide bonds. The van der Waals surface area contributed by atoms with Gasteiger partial charge in [0.15, 0.2) is 0 Å². The summed E-state index contributed by atoms with van der Waals surface area (Å²) >= 11 is 0. The number of likely N-dealkylation sites (N-methyl/N-ethyl adjacent to an activating group) is 1. The Labute approximate surface area is 127 Å². The van der Waals surface area contributed by atoms with Gasteiger partial charge in [-0.25, -0.2) is 0 Å². The predicted molar refractivity (Wildman–Crippen MR) is 89.3 cm³/mol. The van der Waals surface area contributed by atoms with Crippen molar-refractivity contribution in [3.63, 3.8) is 0 Å². The Hall–Kier alpha value is -0.120. The van der Waals surface area contributed by atoms with E-state index in [0.29, 0.717) is 5.41 Å². The van der Waals surface area contributed by atoms with Gasteiger partial charge in [0.2, 0.25) is 0 Å². The highest BCUT2D eigenvalue weighted by Crippen LogP contribution is 2.26. The molecule has 0 radical (unpaired) electrons. The highest BCUT2D eigenvalue weighted by molar-refractivity contribution is 4.87. The van der Waals surface area contributed by atoms with E-state index in [0.717, 1.165) is 25.0 Å². The van der Waals surface area contributed by atoms with E-state index in [-0.39, 0.29) is 0 Å². The van der Waals surface area contributed by atoms with Crippen LogP contribution in [0.5, 0.6) is 0 Å². The van der Waals surface area contributed by atoms with Gasteiger partial charge in [0.25, 0.3) is 0 Å². The molecule has 0 aromatic heterocycles. The van der Waals surface area contributed by atoms with E-state index >= 15 is 0 Å². The van der Waals surface area contributed by atoms with Crippen molar-refractivity contribution in [2.75, 3.05) is 46.8 Å². The Balaban J connectivity index is 2.45. The quantitative estimate of drug-likeness (QED) is 0.702. The van der Waals surface area contributed by atoms with Crippen LogP contribution in [0.15, 0.2) is 0 Å². The van der Waals surface area contributed by atoms with Crippen molar-refractivity contribution in [2.24, 2.45) is 11.3 Å². The molecule has 1 N–H and O–H groups in total. The Morgan fingerprint density at radius 3 is 2.55 bits per heavy atom. The van der Waals surface area contributed by atoms with Crippen molar-refractivity contribution < 1.29 is 0 Å². The molecule has 3 nitrogen and oxygen atoms in total. The molecule has 2 unspecified atom stereocenters. The van der Waals surface area contributed by atoms with Gasteiger partial charge in [-0.1, -0.05) is 34.1 Å². The van der Waals surface area contributed by atoms with Crippen LogP contribution >= 0.6 is 0 Å². The number of nitrogens with one attached hydrogen (secondary N) is 1. The predicted octanol–water partition coefficient (Wildman–Crippen LogP) is 2.67. The highest BCUT2D eigenvalue weighted by Gasteiger charge is 2.31. The van der Waals surface area contributed by atoms with Crippen molar-refractivity contribution >= 4 is 0 Å². The van der Waals surface area contributed by atoms with Gasteiger partial charge in [-0.3, -0.25) is 0 Å². The van der Waals surface area contributed by atoms with Gasteiger partial charge in [0, 0.05) is 25.7 Å². The largest absolute Gasteiger partial charge is 0.316 e. The van der Waals surface area contributed by atoms with Crippen LogP contribution in [0.25, 0.3) is 0 Å². The molecule has 1 saturated heterocycles. The van der Waals surface area contributed by atoms with Crippen LogP contribution < -0.4 is 5.32 Å². The molecule has 1 aliphatic rings. The average molecular weight is 284 g/mol. The smallest absolute Gasteiger partial charge is 0.0229 e. The first kappa shape index (κ1) is 17.9. The number of hydrogen-bond acceptors (Lipinski definition) is 3. The summed E-state index contributed by atoms with van der Waals surface area (Å²) < 4.78 is 0. The van der Waals surface area contributed by atoms with E-state index in [1.54, 1.807) is 0 Å². The van der Waals surface area contributed by atoms with Crippen LogP contribution in [-0.2, 0) is 0 Å². The van der Waals surface area contributed by atoms with Crippen LogP contribution in [0.2, 0.25) is 0 Å². The van der Waals surface area contributed by atoms with Gasteiger partial charge in [-0.15, -0.1) is 0 Å². The van der Waals surface area contributed by atoms with E-state index in [4.69, 9.17) is 0 Å². The van der Waals surface area contributed by atoms with Crippen LogP contribution in [0.3, 0.4) is 0 Å². The van der Waals surface area contributed by atoms with Crippen molar-refractivity contribution in [1.29, 1.82) is 0 Å². The van der Waals surface area contributed by atoms with E-state index in [2.05, 4.69) is 56.9 Å². The Kier molecular flexibility index (Phi) is 7.49. The standard InChI is InChI=1S/C17H37N3/c1-7-9-17(4,13-18-11-15(2)3)14-20-10-8-16(12-20)19(5)6/h15-16,18H,7-14H2,1-6H3. The summed E-state index contributed by atoms with van der Waals surface area (Å²) in [7, 11) is 4.42. The minimum Gasteiger partial charge on any atom is -0.316 e. The fourth-order valence-corrected chi connectivity index (χ4v) is 3.41. The zero-order valence-electron chi connectivity index (χ0n) is 14.7. The third kappa shape index (κ3) is 6.11. The lowest BCUT2D eigenvalue weighted by atomic mass is 9.84. The van der Waals surface area contributed by atoms with Crippen molar-refractivity contribution in [3.8, 4) is 0 Å². The molecule has 0 spiro atoms. The summed E-state index contributed by atoms with van der Waals surface area (Å²) in [6, 6.07) is 0.754. The second kappa shape index (κ2) is 8.35. The van der Waals surface area contributed by atoms with Crippen LogP contribution in [0.4, 0.5) is 0 Å². The average Bonchev–Trinajstić information content (AvgIpc) is 2.77.